The normalized spacial score (nSPS) is 24.8. The third-order valence-corrected chi connectivity index (χ3v) is 5.56. The Morgan fingerprint density at radius 3 is 2.71 bits per heavy atom. The van der Waals surface area contributed by atoms with Gasteiger partial charge in [-0.05, 0) is 45.3 Å². The van der Waals surface area contributed by atoms with Gasteiger partial charge in [-0.15, -0.1) is 0 Å². The molecule has 0 spiro atoms. The van der Waals surface area contributed by atoms with Crippen LogP contribution in [0.25, 0.3) is 0 Å². The fourth-order valence-electron chi connectivity index (χ4n) is 2.41. The molecule has 2 unspecified atom stereocenters. The van der Waals surface area contributed by atoms with E-state index >= 15 is 0 Å². The van der Waals surface area contributed by atoms with Gasteiger partial charge < -0.3 is 10.6 Å². The lowest BCUT2D eigenvalue weighted by atomic mass is 10.0. The van der Waals surface area contributed by atoms with Crippen molar-refractivity contribution in [3.8, 4) is 0 Å². The van der Waals surface area contributed by atoms with Gasteiger partial charge in [0.1, 0.15) is 0 Å². The molecule has 2 N–H and O–H groups in total. The fourth-order valence-corrected chi connectivity index (χ4v) is 4.21. The van der Waals surface area contributed by atoms with Gasteiger partial charge in [0.15, 0.2) is 9.84 Å². The van der Waals surface area contributed by atoms with E-state index in [-0.39, 0.29) is 11.7 Å². The molecule has 4 nitrogen and oxygen atoms in total. The zero-order chi connectivity index (χ0) is 12.9. The molecule has 0 bridgehead atoms. The number of piperidine rings is 1. The van der Waals surface area contributed by atoms with Gasteiger partial charge in [0.05, 0.1) is 11.5 Å². The molecule has 1 heterocycles. The number of hydrogen-bond donors (Lipinski definition) is 1. The first-order valence-electron chi connectivity index (χ1n) is 6.55. The second-order valence-corrected chi connectivity index (χ2v) is 7.60. The lowest BCUT2D eigenvalue weighted by molar-refractivity contribution is 0.181. The van der Waals surface area contributed by atoms with Crippen molar-refractivity contribution >= 4 is 9.84 Å². The van der Waals surface area contributed by atoms with Crippen LogP contribution in [-0.2, 0) is 9.84 Å². The molecule has 0 aromatic rings. The summed E-state index contributed by atoms with van der Waals surface area (Å²) >= 11 is 0. The first-order chi connectivity index (χ1) is 7.94. The second-order valence-electron chi connectivity index (χ2n) is 5.37. The van der Waals surface area contributed by atoms with E-state index in [0.717, 1.165) is 19.4 Å². The Morgan fingerprint density at radius 1 is 1.41 bits per heavy atom. The van der Waals surface area contributed by atoms with Crippen LogP contribution in [0.1, 0.15) is 32.6 Å². The van der Waals surface area contributed by atoms with E-state index in [2.05, 4.69) is 11.9 Å². The number of nitrogens with two attached hydrogens (primary N) is 1. The average Bonchev–Trinajstić information content (AvgIpc) is 2.27. The van der Waals surface area contributed by atoms with Crippen LogP contribution in [0, 0.1) is 5.92 Å². The molecule has 1 fully saturated rings. The number of rotatable bonds is 6. The van der Waals surface area contributed by atoms with Crippen LogP contribution in [0.3, 0.4) is 0 Å². The maximum absolute atomic E-state index is 11.9. The van der Waals surface area contributed by atoms with Gasteiger partial charge in [0, 0.05) is 6.04 Å². The number of sulfone groups is 1. The summed E-state index contributed by atoms with van der Waals surface area (Å²) < 4.78 is 23.8. The van der Waals surface area contributed by atoms with Crippen molar-refractivity contribution in [2.75, 3.05) is 31.6 Å². The van der Waals surface area contributed by atoms with E-state index in [1.165, 1.54) is 12.8 Å². The summed E-state index contributed by atoms with van der Waals surface area (Å²) in [4.78, 5) is 2.30. The van der Waals surface area contributed by atoms with E-state index < -0.39 is 9.84 Å². The van der Waals surface area contributed by atoms with Crippen LogP contribution >= 0.6 is 0 Å². The van der Waals surface area contributed by atoms with Crippen molar-refractivity contribution < 1.29 is 8.42 Å². The van der Waals surface area contributed by atoms with Crippen LogP contribution in [-0.4, -0.2) is 51.0 Å². The van der Waals surface area contributed by atoms with E-state index in [1.54, 1.807) is 0 Å². The molecule has 0 saturated carbocycles. The molecule has 1 aliphatic rings. The predicted molar refractivity (Wildman–Crippen MR) is 71.8 cm³/mol. The molecule has 1 saturated heterocycles. The lowest BCUT2D eigenvalue weighted by Crippen LogP contribution is -2.37. The number of likely N-dealkylation sites (tertiary alicyclic amines) is 1. The molecule has 0 aromatic carbocycles. The van der Waals surface area contributed by atoms with E-state index in [4.69, 9.17) is 5.73 Å². The average molecular weight is 262 g/mol. The van der Waals surface area contributed by atoms with Gasteiger partial charge in [-0.25, -0.2) is 8.42 Å². The SMILES string of the molecule is CC(CN)CS(=O)(=O)CCC1CCCCN1C. The Kier molecular flexibility index (Phi) is 5.89. The molecule has 0 radical (unpaired) electrons. The van der Waals surface area contributed by atoms with Crippen molar-refractivity contribution in [1.82, 2.24) is 4.90 Å². The summed E-state index contributed by atoms with van der Waals surface area (Å²) in [6.45, 7) is 3.44. The van der Waals surface area contributed by atoms with Gasteiger partial charge in [-0.3, -0.25) is 0 Å². The maximum Gasteiger partial charge on any atom is 0.150 e. The molecule has 1 aliphatic heterocycles. The minimum absolute atomic E-state index is 0.0732. The first kappa shape index (κ1) is 14.9. The zero-order valence-electron chi connectivity index (χ0n) is 11.1. The van der Waals surface area contributed by atoms with Crippen LogP contribution < -0.4 is 5.73 Å². The molecule has 1 rings (SSSR count). The summed E-state index contributed by atoms with van der Waals surface area (Å²) in [5, 5.41) is 0. The van der Waals surface area contributed by atoms with Crippen LogP contribution in [0.15, 0.2) is 0 Å². The topological polar surface area (TPSA) is 63.4 Å². The minimum Gasteiger partial charge on any atom is -0.330 e. The maximum atomic E-state index is 11.9. The Morgan fingerprint density at radius 2 is 2.12 bits per heavy atom. The minimum atomic E-state index is -2.92. The highest BCUT2D eigenvalue weighted by Crippen LogP contribution is 2.18. The predicted octanol–water partition coefficient (Wildman–Crippen LogP) is 0.870. The highest BCUT2D eigenvalue weighted by Gasteiger charge is 2.22. The molecule has 2 atom stereocenters. The fraction of sp³-hybridized carbons (Fsp3) is 1.00. The summed E-state index contributed by atoms with van der Waals surface area (Å²) in [6, 6.07) is 0.451. The molecule has 102 valence electrons. The Labute approximate surface area is 105 Å². The second kappa shape index (κ2) is 6.71. The molecule has 5 heteroatoms. The lowest BCUT2D eigenvalue weighted by Gasteiger charge is -2.32. The van der Waals surface area contributed by atoms with Crippen molar-refractivity contribution in [1.29, 1.82) is 0 Å². The monoisotopic (exact) mass is 262 g/mol. The Bertz CT molecular complexity index is 316. The molecule has 17 heavy (non-hydrogen) atoms. The van der Waals surface area contributed by atoms with Crippen LogP contribution in [0.2, 0.25) is 0 Å². The molecule has 0 aromatic heterocycles. The van der Waals surface area contributed by atoms with Crippen molar-refractivity contribution in [2.45, 2.75) is 38.6 Å². The van der Waals surface area contributed by atoms with Gasteiger partial charge >= 0.3 is 0 Å². The largest absolute Gasteiger partial charge is 0.330 e. The third-order valence-electron chi connectivity index (χ3n) is 3.62. The van der Waals surface area contributed by atoms with Crippen molar-refractivity contribution in [3.05, 3.63) is 0 Å². The van der Waals surface area contributed by atoms with E-state index in [9.17, 15) is 8.42 Å². The smallest absolute Gasteiger partial charge is 0.150 e. The van der Waals surface area contributed by atoms with Gasteiger partial charge in [0.25, 0.3) is 0 Å². The quantitative estimate of drug-likeness (QED) is 0.771. The molecular weight excluding hydrogens is 236 g/mol. The van der Waals surface area contributed by atoms with E-state index in [1.807, 2.05) is 6.92 Å². The highest BCUT2D eigenvalue weighted by molar-refractivity contribution is 7.91. The number of hydrogen-bond acceptors (Lipinski definition) is 4. The third kappa shape index (κ3) is 5.36. The first-order valence-corrected chi connectivity index (χ1v) is 8.37. The van der Waals surface area contributed by atoms with Crippen molar-refractivity contribution in [3.63, 3.8) is 0 Å². The Balaban J connectivity index is 2.38. The standard InChI is InChI=1S/C12H26N2O2S/c1-11(9-13)10-17(15,16)8-6-12-5-3-4-7-14(12)2/h11-12H,3-10,13H2,1-2H3. The van der Waals surface area contributed by atoms with E-state index in [0.29, 0.717) is 18.3 Å². The summed E-state index contributed by atoms with van der Waals surface area (Å²) in [5.74, 6) is 0.621. The van der Waals surface area contributed by atoms with Gasteiger partial charge in [-0.1, -0.05) is 13.3 Å². The van der Waals surface area contributed by atoms with Crippen LogP contribution in [0.4, 0.5) is 0 Å². The van der Waals surface area contributed by atoms with Gasteiger partial charge in [-0.2, -0.15) is 0 Å². The molecule has 0 amide bonds. The Hall–Kier alpha value is -0.130. The molecule has 0 aliphatic carbocycles. The summed E-state index contributed by atoms with van der Waals surface area (Å²) in [5.41, 5.74) is 5.47. The zero-order valence-corrected chi connectivity index (χ0v) is 11.9. The van der Waals surface area contributed by atoms with Crippen molar-refractivity contribution in [2.24, 2.45) is 11.7 Å². The van der Waals surface area contributed by atoms with Gasteiger partial charge in [0.2, 0.25) is 0 Å². The summed E-state index contributed by atoms with van der Waals surface area (Å²) in [6.07, 6.45) is 4.38. The summed E-state index contributed by atoms with van der Waals surface area (Å²) in [7, 11) is -0.826. The number of nitrogens with zero attached hydrogens (tertiary/aromatic N) is 1. The van der Waals surface area contributed by atoms with Crippen LogP contribution in [0.5, 0.6) is 0 Å². The molecular formula is C12H26N2O2S. The highest BCUT2D eigenvalue weighted by atomic mass is 32.2.